The van der Waals surface area contributed by atoms with Crippen LogP contribution in [0.15, 0.2) is 23.1 Å². The van der Waals surface area contributed by atoms with E-state index in [1.54, 1.807) is 0 Å². The molecule has 1 aliphatic rings. The zero-order valence-corrected chi connectivity index (χ0v) is 24.2. The number of nitrogens with zero attached hydrogens (tertiary/aromatic N) is 6. The van der Waals surface area contributed by atoms with Crippen LogP contribution in [0.5, 0.6) is 5.88 Å². The predicted octanol–water partition coefficient (Wildman–Crippen LogP) is 3.99. The molecule has 1 saturated heterocycles. The smallest absolute Gasteiger partial charge is 0.413 e. The number of hydrogen-bond acceptors (Lipinski definition) is 9. The topological polar surface area (TPSA) is 149 Å². The number of carbonyl (C=O) groups is 2. The number of amides is 3. The molecule has 0 aromatic carbocycles. The number of rotatable bonds is 11. The normalized spacial score (nSPS) is 19.2. The van der Waals surface area contributed by atoms with Crippen molar-refractivity contribution >= 4 is 17.6 Å². The molecule has 3 amide bonds. The number of imidazole rings is 1. The molecular weight excluding hydrogens is 606 g/mol. The molecule has 1 aliphatic heterocycles. The molecule has 44 heavy (non-hydrogen) atoms. The van der Waals surface area contributed by atoms with Crippen LogP contribution in [0.25, 0.3) is 5.65 Å². The summed E-state index contributed by atoms with van der Waals surface area (Å²) in [5.41, 5.74) is -4.38. The van der Waals surface area contributed by atoms with Gasteiger partial charge in [-0.1, -0.05) is 13.8 Å². The Morgan fingerprint density at radius 3 is 2.50 bits per heavy atom. The van der Waals surface area contributed by atoms with E-state index in [-0.39, 0.29) is 41.5 Å². The number of fused-ring (bicyclic) bond motifs is 1. The lowest BCUT2D eigenvalue weighted by atomic mass is 9.85. The first-order valence-corrected chi connectivity index (χ1v) is 13.1. The molecule has 4 rings (SSSR count). The van der Waals surface area contributed by atoms with E-state index in [2.05, 4.69) is 30.3 Å². The molecule has 0 radical (unpaired) electrons. The van der Waals surface area contributed by atoms with Gasteiger partial charge in [-0.05, 0) is 36.1 Å². The summed E-state index contributed by atoms with van der Waals surface area (Å²) in [6.07, 6.45) is -7.17. The Morgan fingerprint density at radius 1 is 1.20 bits per heavy atom. The zero-order valence-electron chi connectivity index (χ0n) is 24.2. The van der Waals surface area contributed by atoms with Gasteiger partial charge in [-0.15, -0.1) is 0 Å². The Morgan fingerprint density at radius 2 is 1.91 bits per heavy atom. The third kappa shape index (κ3) is 6.36. The quantitative estimate of drug-likeness (QED) is 0.298. The highest BCUT2D eigenvalue weighted by molar-refractivity contribution is 5.94. The minimum Gasteiger partial charge on any atom is -0.477 e. The molecule has 3 aromatic rings. The van der Waals surface area contributed by atoms with Gasteiger partial charge in [0.1, 0.15) is 0 Å². The van der Waals surface area contributed by atoms with Crippen molar-refractivity contribution in [3.05, 3.63) is 35.4 Å². The third-order valence-electron chi connectivity index (χ3n) is 7.56. The molecule has 0 bridgehead atoms. The maximum atomic E-state index is 13.6. The van der Waals surface area contributed by atoms with Crippen molar-refractivity contribution < 1.29 is 50.0 Å². The summed E-state index contributed by atoms with van der Waals surface area (Å²) < 4.78 is 97.7. The van der Waals surface area contributed by atoms with Gasteiger partial charge in [-0.2, -0.15) is 31.4 Å². The van der Waals surface area contributed by atoms with Gasteiger partial charge in [0, 0.05) is 12.7 Å². The molecule has 4 heterocycles. The second-order valence-electron chi connectivity index (χ2n) is 11.2. The lowest BCUT2D eigenvalue weighted by Gasteiger charge is -2.29. The summed E-state index contributed by atoms with van der Waals surface area (Å²) in [5, 5.41) is 15.7. The Kier molecular flexibility index (Phi) is 8.73. The van der Waals surface area contributed by atoms with Crippen molar-refractivity contribution in [1.82, 2.24) is 40.4 Å². The van der Waals surface area contributed by atoms with E-state index >= 15 is 0 Å². The summed E-state index contributed by atoms with van der Waals surface area (Å²) in [7, 11) is 2.54. The van der Waals surface area contributed by atoms with Crippen LogP contribution in [0.4, 0.5) is 31.1 Å². The Hall–Kier alpha value is -4.16. The van der Waals surface area contributed by atoms with Crippen molar-refractivity contribution in [1.29, 1.82) is 0 Å². The average Bonchev–Trinajstić information content (AvgIpc) is 3.65. The Labute approximate surface area is 246 Å². The molecule has 13 nitrogen and oxygen atoms in total. The fraction of sp³-hybridized carbons (Fsp3) is 0.600. The van der Waals surface area contributed by atoms with E-state index in [0.717, 1.165) is 25.7 Å². The minimum absolute atomic E-state index is 0.128. The van der Waals surface area contributed by atoms with Crippen LogP contribution in [-0.2, 0) is 4.74 Å². The largest absolute Gasteiger partial charge is 0.477 e. The third-order valence-corrected chi connectivity index (χ3v) is 7.56. The van der Waals surface area contributed by atoms with Gasteiger partial charge in [0.05, 0.1) is 55.8 Å². The first kappa shape index (κ1) is 32.7. The monoisotopic (exact) mass is 636 g/mol. The number of aromatic nitrogens is 5. The van der Waals surface area contributed by atoms with E-state index in [9.17, 15) is 35.9 Å². The van der Waals surface area contributed by atoms with Crippen LogP contribution in [-0.4, -0.2) is 87.0 Å². The van der Waals surface area contributed by atoms with E-state index in [1.807, 2.05) is 5.32 Å². The average molecular weight is 637 g/mol. The fourth-order valence-corrected chi connectivity index (χ4v) is 4.58. The molecule has 0 aliphatic carbocycles. The van der Waals surface area contributed by atoms with Gasteiger partial charge >= 0.3 is 18.4 Å². The molecule has 3 unspecified atom stereocenters. The SMILES string of the molecule is COCC(c1cnn2cc(C(CCC(C)(C)C(F)(F)F)NC(=O)c3nonc3OC)nc2c1)N1CC(C)(C(F)(F)F)NC1=O. The number of ether oxygens (including phenoxy) is 2. The van der Waals surface area contributed by atoms with Gasteiger partial charge in [-0.3, -0.25) is 4.79 Å². The maximum Gasteiger partial charge on any atom is 0.413 e. The minimum atomic E-state index is -4.72. The maximum absolute atomic E-state index is 13.6. The second-order valence-corrected chi connectivity index (χ2v) is 11.2. The number of carbonyl (C=O) groups excluding carboxylic acids is 2. The predicted molar refractivity (Wildman–Crippen MR) is 137 cm³/mol. The molecular formula is C25H30F6N8O5. The number of hydrogen-bond donors (Lipinski definition) is 2. The number of halogens is 6. The molecule has 3 atom stereocenters. The van der Waals surface area contributed by atoms with Crippen molar-refractivity contribution in [3.8, 4) is 5.88 Å². The van der Waals surface area contributed by atoms with Crippen molar-refractivity contribution in [2.45, 2.75) is 63.6 Å². The van der Waals surface area contributed by atoms with Gasteiger partial charge < -0.3 is 25.0 Å². The molecule has 2 N–H and O–H groups in total. The van der Waals surface area contributed by atoms with Gasteiger partial charge in [0.15, 0.2) is 11.2 Å². The fourth-order valence-electron chi connectivity index (χ4n) is 4.58. The molecule has 0 saturated carbocycles. The Balaban J connectivity index is 1.67. The van der Waals surface area contributed by atoms with Gasteiger partial charge in [-0.25, -0.2) is 18.9 Å². The highest BCUT2D eigenvalue weighted by Crippen LogP contribution is 2.42. The molecule has 242 valence electrons. The van der Waals surface area contributed by atoms with E-state index in [0.29, 0.717) is 0 Å². The highest BCUT2D eigenvalue weighted by Gasteiger charge is 2.58. The first-order chi connectivity index (χ1) is 20.4. The number of methoxy groups -OCH3 is 2. The Bertz CT molecular complexity index is 1510. The van der Waals surface area contributed by atoms with E-state index in [1.165, 1.54) is 37.2 Å². The summed E-state index contributed by atoms with van der Waals surface area (Å²) in [5.74, 6) is -1.09. The number of urea groups is 1. The lowest BCUT2D eigenvalue weighted by Crippen LogP contribution is -2.53. The lowest BCUT2D eigenvalue weighted by molar-refractivity contribution is -0.214. The van der Waals surface area contributed by atoms with Crippen LogP contribution in [0, 0.1) is 5.41 Å². The summed E-state index contributed by atoms with van der Waals surface area (Å²) in [6, 6.07) is -1.57. The molecule has 1 fully saturated rings. The van der Waals surface area contributed by atoms with Crippen LogP contribution >= 0.6 is 0 Å². The van der Waals surface area contributed by atoms with Crippen LogP contribution < -0.4 is 15.4 Å². The second kappa shape index (κ2) is 11.7. The van der Waals surface area contributed by atoms with Crippen molar-refractivity contribution in [2.24, 2.45) is 5.41 Å². The van der Waals surface area contributed by atoms with Crippen LogP contribution in [0.2, 0.25) is 0 Å². The van der Waals surface area contributed by atoms with Crippen molar-refractivity contribution in [3.63, 3.8) is 0 Å². The van der Waals surface area contributed by atoms with Gasteiger partial charge in [0.2, 0.25) is 5.69 Å². The van der Waals surface area contributed by atoms with Crippen LogP contribution in [0.3, 0.4) is 0 Å². The molecule has 0 spiro atoms. The highest BCUT2D eigenvalue weighted by atomic mass is 19.4. The number of alkyl halides is 6. The van der Waals surface area contributed by atoms with E-state index < -0.39 is 60.3 Å². The van der Waals surface area contributed by atoms with Crippen molar-refractivity contribution in [2.75, 3.05) is 27.4 Å². The van der Waals surface area contributed by atoms with E-state index in [4.69, 9.17) is 9.47 Å². The number of nitrogens with one attached hydrogen (secondary N) is 2. The summed E-state index contributed by atoms with van der Waals surface area (Å²) >= 11 is 0. The summed E-state index contributed by atoms with van der Waals surface area (Å²) in [6.45, 7) is 2.06. The standard InChI is InChI=1S/C25H30F6N8O5/c1-22(2,24(26,27)28)7-6-14(34-19(40)18-20(43-5)37-44-36-18)15-10-39-17(33-15)8-13(9-32-39)16(11-42-4)38-12-23(3,25(29,30)31)35-21(38)41/h8-10,14,16H,6-7,11-12H2,1-5H3,(H,34,40)(H,35,41). The summed E-state index contributed by atoms with van der Waals surface area (Å²) in [4.78, 5) is 31.0. The zero-order chi connectivity index (χ0) is 32.7. The molecule has 3 aromatic heterocycles. The van der Waals surface area contributed by atoms with Crippen LogP contribution in [0.1, 0.15) is 67.4 Å². The molecule has 19 heteroatoms. The first-order valence-electron chi connectivity index (χ1n) is 13.1. The van der Waals surface area contributed by atoms with Gasteiger partial charge in [0.25, 0.3) is 11.8 Å².